The number of aliphatic hydroxyl groups excluding tert-OH is 1. The fourth-order valence-corrected chi connectivity index (χ4v) is 0.873. The molecule has 1 rings (SSSR count). The van der Waals surface area contributed by atoms with Crippen LogP contribution in [-0.4, -0.2) is 23.5 Å². The van der Waals surface area contributed by atoms with Crippen LogP contribution in [0.5, 0.6) is 0 Å². The van der Waals surface area contributed by atoms with Crippen molar-refractivity contribution in [3.05, 3.63) is 6.61 Å². The van der Waals surface area contributed by atoms with E-state index in [1.165, 1.54) is 0 Å². The summed E-state index contributed by atoms with van der Waals surface area (Å²) in [7, 11) is 0. The first-order valence-corrected chi connectivity index (χ1v) is 3.06. The van der Waals surface area contributed by atoms with Gasteiger partial charge in [0, 0.05) is 31.1 Å². The molecule has 0 saturated carbocycles. The van der Waals surface area contributed by atoms with Gasteiger partial charge in [-0.1, -0.05) is 6.92 Å². The Morgan fingerprint density at radius 1 is 1.70 bits per heavy atom. The van der Waals surface area contributed by atoms with Crippen LogP contribution in [0.2, 0.25) is 0 Å². The van der Waals surface area contributed by atoms with E-state index in [1.54, 1.807) is 0 Å². The zero-order valence-electron chi connectivity index (χ0n) is 5.75. The van der Waals surface area contributed by atoms with Crippen molar-refractivity contribution in [2.45, 2.75) is 31.7 Å². The monoisotopic (exact) mass is 371 g/mol. The van der Waals surface area contributed by atoms with E-state index in [2.05, 4.69) is 0 Å². The predicted octanol–water partition coefficient (Wildman–Crippen LogP) is 0.656. The van der Waals surface area contributed by atoms with E-state index in [1.807, 2.05) is 6.92 Å². The maximum Gasteiger partial charge on any atom is 0.123 e. The van der Waals surface area contributed by atoms with Crippen LogP contribution in [0.1, 0.15) is 13.3 Å². The quantitative estimate of drug-likeness (QED) is 0.687. The Kier molecular flexibility index (Phi) is 5.14. The molecule has 0 spiro atoms. The summed E-state index contributed by atoms with van der Waals surface area (Å²) in [5.74, 6) is 0. The normalized spacial score (nSPS) is 39.3. The van der Waals surface area contributed by atoms with Crippen LogP contribution >= 0.6 is 0 Å². The van der Waals surface area contributed by atoms with E-state index >= 15 is 0 Å². The topological polar surface area (TPSA) is 29.5 Å². The molecular weight excluding hydrogens is 361 g/mol. The number of halogens is 1. The molecule has 0 aromatic heterocycles. The summed E-state index contributed by atoms with van der Waals surface area (Å²) < 4.78 is 17.4. The number of aliphatic hydroxyl groups is 1. The molecule has 1 aliphatic rings. The second kappa shape index (κ2) is 4.71. The molecule has 0 unspecified atom stereocenters. The van der Waals surface area contributed by atoms with Crippen molar-refractivity contribution in [2.24, 2.45) is 0 Å². The van der Waals surface area contributed by atoms with Gasteiger partial charge in [-0.2, -0.15) is 6.61 Å². The maximum absolute atomic E-state index is 12.6. The molecular formula is C6H10FO2U-. The fourth-order valence-electron chi connectivity index (χ4n) is 0.873. The Hall–Kier alpha value is 0.902. The molecule has 0 aromatic carbocycles. The van der Waals surface area contributed by atoms with Gasteiger partial charge in [0.15, 0.2) is 0 Å². The molecule has 2 nitrogen and oxygen atoms in total. The van der Waals surface area contributed by atoms with Gasteiger partial charge in [0.2, 0.25) is 0 Å². The third-order valence-corrected chi connectivity index (χ3v) is 1.48. The number of alkyl halides is 1. The van der Waals surface area contributed by atoms with Gasteiger partial charge >= 0.3 is 0 Å². The molecule has 1 heterocycles. The van der Waals surface area contributed by atoms with Gasteiger partial charge in [0.05, 0.1) is 6.10 Å². The molecule has 0 radical (unpaired) electrons. The second-order valence-electron chi connectivity index (χ2n) is 2.15. The van der Waals surface area contributed by atoms with Crippen LogP contribution in [0, 0.1) is 37.7 Å². The molecule has 0 amide bonds. The number of rotatable bonds is 1. The summed E-state index contributed by atoms with van der Waals surface area (Å²) in [4.78, 5) is 0. The van der Waals surface area contributed by atoms with E-state index in [4.69, 9.17) is 9.84 Å². The molecule has 0 aromatic rings. The van der Waals surface area contributed by atoms with Crippen molar-refractivity contribution in [2.75, 3.05) is 0 Å². The number of hydrogen-bond acceptors (Lipinski definition) is 2. The third kappa shape index (κ3) is 2.20. The summed E-state index contributed by atoms with van der Waals surface area (Å²) in [6.45, 7) is 2.97. The van der Waals surface area contributed by atoms with Gasteiger partial charge in [-0.15, -0.1) is 0 Å². The Labute approximate surface area is 83.5 Å². The van der Waals surface area contributed by atoms with Crippen LogP contribution in [0.3, 0.4) is 0 Å². The van der Waals surface area contributed by atoms with Crippen LogP contribution in [-0.2, 0) is 4.74 Å². The van der Waals surface area contributed by atoms with Crippen molar-refractivity contribution in [1.82, 2.24) is 0 Å². The average molecular weight is 371 g/mol. The molecule has 1 fully saturated rings. The van der Waals surface area contributed by atoms with E-state index in [9.17, 15) is 4.39 Å². The minimum absolute atomic E-state index is 0. The van der Waals surface area contributed by atoms with Crippen molar-refractivity contribution < 1.29 is 45.3 Å². The van der Waals surface area contributed by atoms with Gasteiger partial charge in [-0.05, 0) is 12.5 Å². The van der Waals surface area contributed by atoms with Crippen LogP contribution < -0.4 is 0 Å². The summed E-state index contributed by atoms with van der Waals surface area (Å²) in [6, 6.07) is 0. The predicted molar refractivity (Wildman–Crippen MR) is 30.4 cm³/mol. The summed E-state index contributed by atoms with van der Waals surface area (Å²) in [5.41, 5.74) is 0. The van der Waals surface area contributed by atoms with Gasteiger partial charge in [0.25, 0.3) is 0 Å². The van der Waals surface area contributed by atoms with Gasteiger partial charge in [-0.25, -0.2) is 4.39 Å². The fraction of sp³-hybridized carbons (Fsp3) is 0.833. The maximum atomic E-state index is 12.6. The number of hydrogen-bond donors (Lipinski definition) is 1. The minimum atomic E-state index is -1.23. The van der Waals surface area contributed by atoms with E-state index in [-0.39, 0.29) is 31.1 Å². The van der Waals surface area contributed by atoms with E-state index < -0.39 is 18.4 Å². The van der Waals surface area contributed by atoms with E-state index in [0.717, 1.165) is 6.61 Å². The molecule has 1 aliphatic heterocycles. The molecule has 1 N–H and O–H groups in total. The largest absolute Gasteiger partial charge is 0.545 e. The summed E-state index contributed by atoms with van der Waals surface area (Å²) in [5, 5.41) is 8.74. The first kappa shape index (κ1) is 10.9. The Balaban J connectivity index is 0.000000810. The van der Waals surface area contributed by atoms with Crippen molar-refractivity contribution in [3.63, 3.8) is 0 Å². The Bertz CT molecular complexity index is 102. The molecule has 3 atom stereocenters. The van der Waals surface area contributed by atoms with Gasteiger partial charge in [-0.3, -0.25) is 0 Å². The standard InChI is InChI=1S/C6H10FO2.U/c1-2-5-6(7)4(8)3-9-5;/h3-6,8H,2H2,1H3;/q-1;/t4-,5+,6-;/m0./s1. The van der Waals surface area contributed by atoms with Crippen molar-refractivity contribution in [1.29, 1.82) is 0 Å². The van der Waals surface area contributed by atoms with Crippen LogP contribution in [0.25, 0.3) is 0 Å². The molecule has 4 heteroatoms. The van der Waals surface area contributed by atoms with Crippen molar-refractivity contribution in [3.8, 4) is 0 Å². The Morgan fingerprint density at radius 2 is 2.30 bits per heavy atom. The molecule has 58 valence electrons. The van der Waals surface area contributed by atoms with Gasteiger partial charge < -0.3 is 9.84 Å². The molecule has 0 aliphatic carbocycles. The summed E-state index contributed by atoms with van der Waals surface area (Å²) in [6.07, 6.45) is -2.07. The summed E-state index contributed by atoms with van der Waals surface area (Å²) >= 11 is 0. The van der Waals surface area contributed by atoms with Crippen LogP contribution in [0.15, 0.2) is 0 Å². The first-order valence-electron chi connectivity index (χ1n) is 3.06. The zero-order valence-corrected chi connectivity index (χ0v) is 9.91. The number of ether oxygens (including phenoxy) is 1. The van der Waals surface area contributed by atoms with Gasteiger partial charge in [0.1, 0.15) is 6.17 Å². The molecule has 0 bridgehead atoms. The SMILES string of the molecule is CC[C@H]1O[CH-][C@H](O)[C@@H]1F.[U]. The average Bonchev–Trinajstić information content (AvgIpc) is 2.15. The van der Waals surface area contributed by atoms with Crippen LogP contribution in [0.4, 0.5) is 4.39 Å². The molecule has 10 heavy (non-hydrogen) atoms. The Morgan fingerprint density at radius 3 is 2.50 bits per heavy atom. The zero-order chi connectivity index (χ0) is 6.85. The first-order chi connectivity index (χ1) is 4.25. The van der Waals surface area contributed by atoms with Crippen molar-refractivity contribution >= 4 is 0 Å². The molecule has 1 saturated heterocycles. The smallest absolute Gasteiger partial charge is 0.123 e. The van der Waals surface area contributed by atoms with E-state index in [0.29, 0.717) is 6.42 Å². The second-order valence-corrected chi connectivity index (χ2v) is 2.15. The third-order valence-electron chi connectivity index (χ3n) is 1.48. The minimum Gasteiger partial charge on any atom is -0.545 e.